The van der Waals surface area contributed by atoms with Crippen LogP contribution in [0.2, 0.25) is 5.02 Å². The van der Waals surface area contributed by atoms with Crippen molar-refractivity contribution in [3.8, 4) is 5.75 Å². The van der Waals surface area contributed by atoms with E-state index >= 15 is 0 Å². The number of para-hydroxylation sites is 2. The summed E-state index contributed by atoms with van der Waals surface area (Å²) in [5.74, 6) is 0.637. The molecule has 6 rings (SSSR count). The summed E-state index contributed by atoms with van der Waals surface area (Å²) >= 11 is 5.86. The van der Waals surface area contributed by atoms with Gasteiger partial charge in [0.25, 0.3) is 10.0 Å². The number of nitrogens with zero attached hydrogens (tertiary/aromatic N) is 2. The van der Waals surface area contributed by atoms with Crippen molar-refractivity contribution in [3.63, 3.8) is 0 Å². The molecule has 0 aromatic heterocycles. The average Bonchev–Trinajstić information content (AvgIpc) is 3.82. The molecule has 0 unspecified atom stereocenters. The van der Waals surface area contributed by atoms with Crippen LogP contribution in [0.5, 0.6) is 5.75 Å². The van der Waals surface area contributed by atoms with Crippen LogP contribution in [0.1, 0.15) is 59.1 Å². The van der Waals surface area contributed by atoms with Gasteiger partial charge in [-0.2, -0.15) is 0 Å². The summed E-state index contributed by atoms with van der Waals surface area (Å²) in [6.45, 7) is 16.5. The Kier molecular flexibility index (Phi) is 12.1. The number of amides is 2. The molecule has 0 spiro atoms. The molecule has 2 saturated heterocycles. The van der Waals surface area contributed by atoms with Crippen LogP contribution in [0, 0.1) is 41.5 Å². The highest BCUT2D eigenvalue weighted by molar-refractivity contribution is 7.92. The maximum absolute atomic E-state index is 12.8. The first-order valence-electron chi connectivity index (χ1n) is 17.5. The van der Waals surface area contributed by atoms with Gasteiger partial charge in [0.05, 0.1) is 29.1 Å². The lowest BCUT2D eigenvalue weighted by atomic mass is 10.0. The molecular weight excluding hydrogens is 682 g/mol. The van der Waals surface area contributed by atoms with Gasteiger partial charge in [0.2, 0.25) is 0 Å². The van der Waals surface area contributed by atoms with E-state index in [9.17, 15) is 13.2 Å². The predicted octanol–water partition coefficient (Wildman–Crippen LogP) is 9.53. The van der Waals surface area contributed by atoms with E-state index in [-0.39, 0.29) is 10.9 Å². The van der Waals surface area contributed by atoms with E-state index in [4.69, 9.17) is 16.3 Å². The van der Waals surface area contributed by atoms with Gasteiger partial charge in [-0.05, 0) is 137 Å². The standard InChI is InChI=1S/C21H27N3O2.C19H23ClN2O2S/c1-14-13-15(2)20(24-11-7-8-12-24)16(3)19(14)23-21(25)22-17-9-5-6-10-18(17)26-4;1-13-12-14(2)19(22-10-4-5-11-22)15(3)18(13)21-25(23,24)17-8-6-16(20)7-9-17/h5-6,9-10,13H,7-8,11-12H2,1-4H3,(H2,22,23,25);6-9,12,21H,4-5,10-11H2,1-3H3. The van der Waals surface area contributed by atoms with Crippen molar-refractivity contribution in [1.82, 2.24) is 0 Å². The van der Waals surface area contributed by atoms with Gasteiger partial charge >= 0.3 is 6.03 Å². The quantitative estimate of drug-likeness (QED) is 0.167. The highest BCUT2D eigenvalue weighted by Gasteiger charge is 2.24. The summed E-state index contributed by atoms with van der Waals surface area (Å²) in [4.78, 5) is 17.6. The molecular formula is C40H50ClN5O4S. The number of benzene rings is 4. The Bertz CT molecular complexity index is 1990. The van der Waals surface area contributed by atoms with Crippen LogP contribution in [0.15, 0.2) is 65.6 Å². The fraction of sp³-hybridized carbons (Fsp3) is 0.375. The van der Waals surface area contributed by atoms with Crippen molar-refractivity contribution in [2.75, 3.05) is 58.4 Å². The molecule has 0 radical (unpaired) electrons. The minimum absolute atomic E-state index is 0.207. The Balaban J connectivity index is 0.000000198. The number of hydrogen-bond donors (Lipinski definition) is 3. The first-order chi connectivity index (χ1) is 24.3. The van der Waals surface area contributed by atoms with Gasteiger partial charge in [0.1, 0.15) is 5.75 Å². The number of carbonyl (C=O) groups is 1. The molecule has 2 amide bonds. The molecule has 0 atom stereocenters. The number of anilines is 5. The third-order valence-electron chi connectivity index (χ3n) is 9.66. The smallest absolute Gasteiger partial charge is 0.323 e. The van der Waals surface area contributed by atoms with Gasteiger partial charge in [-0.15, -0.1) is 0 Å². The zero-order chi connectivity index (χ0) is 36.9. The summed E-state index contributed by atoms with van der Waals surface area (Å²) in [7, 11) is -2.06. The van der Waals surface area contributed by atoms with Gasteiger partial charge in [0, 0.05) is 42.6 Å². The number of aryl methyl sites for hydroxylation is 4. The van der Waals surface area contributed by atoms with Crippen molar-refractivity contribution >= 4 is 56.1 Å². The number of methoxy groups -OCH3 is 1. The Morgan fingerprint density at radius 2 is 1.18 bits per heavy atom. The lowest BCUT2D eigenvalue weighted by Crippen LogP contribution is -2.24. The largest absolute Gasteiger partial charge is 0.495 e. The van der Waals surface area contributed by atoms with Crippen molar-refractivity contribution in [2.24, 2.45) is 0 Å². The van der Waals surface area contributed by atoms with Gasteiger partial charge in [-0.3, -0.25) is 4.72 Å². The molecule has 3 N–H and O–H groups in total. The van der Waals surface area contributed by atoms with Gasteiger partial charge in [-0.25, -0.2) is 13.2 Å². The monoisotopic (exact) mass is 731 g/mol. The lowest BCUT2D eigenvalue weighted by Gasteiger charge is -2.26. The molecule has 2 aliphatic rings. The molecule has 0 bridgehead atoms. The van der Waals surface area contributed by atoms with Crippen molar-refractivity contribution in [3.05, 3.63) is 99.1 Å². The first kappa shape index (κ1) is 37.8. The number of halogens is 1. The van der Waals surface area contributed by atoms with Crippen LogP contribution in [-0.2, 0) is 10.0 Å². The van der Waals surface area contributed by atoms with E-state index in [1.54, 1.807) is 19.2 Å². The highest BCUT2D eigenvalue weighted by Crippen LogP contribution is 2.37. The third kappa shape index (κ3) is 8.73. The van der Waals surface area contributed by atoms with E-state index < -0.39 is 10.0 Å². The fourth-order valence-corrected chi connectivity index (χ4v) is 8.70. The summed E-state index contributed by atoms with van der Waals surface area (Å²) < 4.78 is 33.6. The minimum atomic E-state index is -3.66. The second-order valence-electron chi connectivity index (χ2n) is 13.4. The average molecular weight is 732 g/mol. The van der Waals surface area contributed by atoms with Crippen LogP contribution in [0.25, 0.3) is 0 Å². The summed E-state index contributed by atoms with van der Waals surface area (Å²) in [6.07, 6.45) is 4.81. The van der Waals surface area contributed by atoms with Gasteiger partial charge in [-0.1, -0.05) is 35.9 Å². The third-order valence-corrected chi connectivity index (χ3v) is 11.3. The Labute approximate surface area is 308 Å². The molecule has 51 heavy (non-hydrogen) atoms. The normalized spacial score (nSPS) is 14.2. The topological polar surface area (TPSA) is 103 Å². The van der Waals surface area contributed by atoms with Crippen LogP contribution in [0.4, 0.5) is 33.2 Å². The maximum Gasteiger partial charge on any atom is 0.323 e. The van der Waals surface area contributed by atoms with E-state index in [1.807, 2.05) is 45.0 Å². The van der Waals surface area contributed by atoms with Gasteiger partial charge in [0.15, 0.2) is 0 Å². The van der Waals surface area contributed by atoms with Crippen molar-refractivity contribution in [2.45, 2.75) is 72.1 Å². The molecule has 2 fully saturated rings. The van der Waals surface area contributed by atoms with Crippen molar-refractivity contribution < 1.29 is 17.9 Å². The van der Waals surface area contributed by atoms with Crippen LogP contribution in [-0.4, -0.2) is 47.7 Å². The molecule has 2 aliphatic heterocycles. The molecule has 2 heterocycles. The van der Waals surface area contributed by atoms with Gasteiger partial charge < -0.3 is 25.2 Å². The van der Waals surface area contributed by atoms with Crippen LogP contribution >= 0.6 is 11.6 Å². The molecule has 0 saturated carbocycles. The summed E-state index contributed by atoms with van der Waals surface area (Å²) in [6, 6.07) is 17.5. The van der Waals surface area contributed by atoms with Crippen molar-refractivity contribution in [1.29, 1.82) is 0 Å². The zero-order valence-electron chi connectivity index (χ0n) is 30.7. The van der Waals surface area contributed by atoms with Crippen LogP contribution < -0.4 is 29.9 Å². The Morgan fingerprint density at radius 3 is 1.71 bits per heavy atom. The van der Waals surface area contributed by atoms with E-state index in [0.717, 1.165) is 59.8 Å². The van der Waals surface area contributed by atoms with E-state index in [2.05, 4.69) is 58.1 Å². The highest BCUT2D eigenvalue weighted by atomic mass is 35.5. The summed E-state index contributed by atoms with van der Waals surface area (Å²) in [5, 5.41) is 6.43. The Hall–Kier alpha value is -4.41. The lowest BCUT2D eigenvalue weighted by molar-refractivity contribution is 0.262. The van der Waals surface area contributed by atoms with E-state index in [0.29, 0.717) is 22.1 Å². The van der Waals surface area contributed by atoms with E-state index in [1.165, 1.54) is 54.6 Å². The number of nitrogens with one attached hydrogen (secondary N) is 3. The SMILES string of the molecule is COc1ccccc1NC(=O)Nc1c(C)cc(C)c(N2CCCC2)c1C.Cc1cc(C)c(N2CCCC2)c(C)c1NS(=O)(=O)c1ccc(Cl)cc1. The second kappa shape index (κ2) is 16.3. The number of sulfonamides is 1. The molecule has 272 valence electrons. The zero-order valence-corrected chi connectivity index (χ0v) is 32.3. The fourth-order valence-electron chi connectivity index (χ4n) is 7.38. The second-order valence-corrected chi connectivity index (χ2v) is 15.6. The van der Waals surface area contributed by atoms with Crippen LogP contribution in [0.3, 0.4) is 0 Å². The first-order valence-corrected chi connectivity index (χ1v) is 19.4. The molecule has 4 aromatic rings. The number of hydrogen-bond acceptors (Lipinski definition) is 6. The Morgan fingerprint density at radius 1 is 0.686 bits per heavy atom. The number of ether oxygens (including phenoxy) is 1. The molecule has 0 aliphatic carbocycles. The minimum Gasteiger partial charge on any atom is -0.495 e. The molecule has 11 heteroatoms. The number of urea groups is 1. The summed E-state index contributed by atoms with van der Waals surface area (Å²) in [5.41, 5.74) is 11.1. The maximum atomic E-state index is 12.8. The molecule has 9 nitrogen and oxygen atoms in total. The number of carbonyl (C=O) groups excluding carboxylic acids is 1. The predicted molar refractivity (Wildman–Crippen MR) is 212 cm³/mol. The molecule has 4 aromatic carbocycles. The number of rotatable bonds is 8.